The third kappa shape index (κ3) is 2.14. The van der Waals surface area contributed by atoms with Crippen LogP contribution >= 0.6 is 0 Å². The number of hydrogen-bond acceptors (Lipinski definition) is 2. The molecule has 3 rings (SSSR count). The molecule has 0 bridgehead atoms. The van der Waals surface area contributed by atoms with Crippen LogP contribution in [0.2, 0.25) is 0 Å². The zero-order valence-electron chi connectivity index (χ0n) is 10.3. The molecule has 0 saturated heterocycles. The maximum atomic E-state index is 9.49. The lowest BCUT2D eigenvalue weighted by atomic mass is 9.75. The van der Waals surface area contributed by atoms with Crippen LogP contribution in [0.3, 0.4) is 0 Å². The molecule has 19 heavy (non-hydrogen) atoms. The third-order valence-corrected chi connectivity index (χ3v) is 3.32. The van der Waals surface area contributed by atoms with E-state index in [4.69, 9.17) is 0 Å². The van der Waals surface area contributed by atoms with E-state index in [1.54, 1.807) is 6.07 Å². The molecule has 0 heterocycles. The molecule has 0 amide bonds. The molecule has 3 aromatic carbocycles. The van der Waals surface area contributed by atoms with Crippen LogP contribution in [0.25, 0.3) is 21.9 Å². The Hall–Kier alpha value is -2.10. The molecule has 0 radical (unpaired) electrons. The smallest absolute Gasteiger partial charge is 0.423 e. The molecule has 0 aliphatic rings. The van der Waals surface area contributed by atoms with Crippen LogP contribution in [-0.4, -0.2) is 17.2 Å². The highest BCUT2D eigenvalue weighted by atomic mass is 16.4. The Balaban J connectivity index is 2.31. The highest BCUT2D eigenvalue weighted by molar-refractivity contribution is 6.60. The van der Waals surface area contributed by atoms with Crippen molar-refractivity contribution in [3.8, 4) is 11.1 Å². The first-order valence-electron chi connectivity index (χ1n) is 6.20. The first-order chi connectivity index (χ1) is 9.27. The minimum Gasteiger partial charge on any atom is -0.423 e. The van der Waals surface area contributed by atoms with E-state index in [0.717, 1.165) is 21.9 Å². The van der Waals surface area contributed by atoms with E-state index in [0.29, 0.717) is 5.46 Å². The van der Waals surface area contributed by atoms with Crippen LogP contribution < -0.4 is 5.46 Å². The monoisotopic (exact) mass is 248 g/mol. The van der Waals surface area contributed by atoms with Crippen LogP contribution in [0.15, 0.2) is 66.7 Å². The highest BCUT2D eigenvalue weighted by Crippen LogP contribution is 2.27. The number of rotatable bonds is 2. The van der Waals surface area contributed by atoms with Crippen molar-refractivity contribution in [1.82, 2.24) is 0 Å². The van der Waals surface area contributed by atoms with Crippen LogP contribution in [0.1, 0.15) is 0 Å². The lowest BCUT2D eigenvalue weighted by molar-refractivity contribution is 0.426. The fourth-order valence-corrected chi connectivity index (χ4v) is 2.43. The maximum Gasteiger partial charge on any atom is 0.489 e. The molecule has 0 fully saturated rings. The quantitative estimate of drug-likeness (QED) is 0.682. The average molecular weight is 248 g/mol. The largest absolute Gasteiger partial charge is 0.489 e. The molecular formula is C16H13BO2. The van der Waals surface area contributed by atoms with E-state index in [1.165, 1.54) is 0 Å². The van der Waals surface area contributed by atoms with Gasteiger partial charge in [-0.2, -0.15) is 0 Å². The van der Waals surface area contributed by atoms with Crippen molar-refractivity contribution in [3.05, 3.63) is 66.7 Å². The average Bonchev–Trinajstić information content (AvgIpc) is 2.46. The predicted molar refractivity (Wildman–Crippen MR) is 79.2 cm³/mol. The fraction of sp³-hybridized carbons (Fsp3) is 0. The van der Waals surface area contributed by atoms with Gasteiger partial charge in [0.1, 0.15) is 0 Å². The summed E-state index contributed by atoms with van der Waals surface area (Å²) in [5.41, 5.74) is 2.40. The summed E-state index contributed by atoms with van der Waals surface area (Å²) < 4.78 is 0. The van der Waals surface area contributed by atoms with Gasteiger partial charge in [0.2, 0.25) is 0 Å². The second-order valence-electron chi connectivity index (χ2n) is 4.49. The Morgan fingerprint density at radius 1 is 0.632 bits per heavy atom. The molecule has 0 aliphatic heterocycles. The molecule has 0 saturated carbocycles. The summed E-state index contributed by atoms with van der Waals surface area (Å²) >= 11 is 0. The summed E-state index contributed by atoms with van der Waals surface area (Å²) in [6, 6.07) is 21.5. The normalized spacial score (nSPS) is 10.6. The molecular weight excluding hydrogens is 235 g/mol. The van der Waals surface area contributed by atoms with Gasteiger partial charge < -0.3 is 10.0 Å². The third-order valence-electron chi connectivity index (χ3n) is 3.32. The van der Waals surface area contributed by atoms with Crippen molar-refractivity contribution in [1.29, 1.82) is 0 Å². The van der Waals surface area contributed by atoms with Gasteiger partial charge in [0.05, 0.1) is 0 Å². The van der Waals surface area contributed by atoms with Crippen LogP contribution in [-0.2, 0) is 0 Å². The van der Waals surface area contributed by atoms with E-state index < -0.39 is 7.12 Å². The van der Waals surface area contributed by atoms with Gasteiger partial charge in [-0.05, 0) is 27.4 Å². The second-order valence-corrected chi connectivity index (χ2v) is 4.49. The molecule has 3 aromatic rings. The standard InChI is InChI=1S/C16H13BO2/c18-17(19)16-11-4-3-9-15(16)14-10-5-7-12-6-1-2-8-13(12)14/h1-11,18-19H. The molecule has 92 valence electrons. The zero-order chi connectivity index (χ0) is 13.2. The minimum absolute atomic E-state index is 0.527. The van der Waals surface area contributed by atoms with Gasteiger partial charge in [-0.1, -0.05) is 66.7 Å². The number of benzene rings is 3. The Labute approximate surface area is 112 Å². The predicted octanol–water partition coefficient (Wildman–Crippen LogP) is 2.19. The molecule has 0 aliphatic carbocycles. The van der Waals surface area contributed by atoms with Gasteiger partial charge in [0.25, 0.3) is 0 Å². The Morgan fingerprint density at radius 2 is 1.26 bits per heavy atom. The van der Waals surface area contributed by atoms with E-state index in [9.17, 15) is 10.0 Å². The van der Waals surface area contributed by atoms with Crippen molar-refractivity contribution in [2.75, 3.05) is 0 Å². The van der Waals surface area contributed by atoms with Gasteiger partial charge in [0, 0.05) is 0 Å². The van der Waals surface area contributed by atoms with Gasteiger partial charge in [-0.15, -0.1) is 0 Å². The molecule has 0 atom stereocenters. The van der Waals surface area contributed by atoms with Crippen molar-refractivity contribution in [3.63, 3.8) is 0 Å². The summed E-state index contributed by atoms with van der Waals surface area (Å²) in [6.07, 6.45) is 0. The fourth-order valence-electron chi connectivity index (χ4n) is 2.43. The summed E-state index contributed by atoms with van der Waals surface area (Å²) in [5.74, 6) is 0. The van der Waals surface area contributed by atoms with Crippen LogP contribution in [0.5, 0.6) is 0 Å². The van der Waals surface area contributed by atoms with E-state index in [-0.39, 0.29) is 0 Å². The highest BCUT2D eigenvalue weighted by Gasteiger charge is 2.17. The molecule has 2 N–H and O–H groups in total. The van der Waals surface area contributed by atoms with Crippen molar-refractivity contribution in [2.45, 2.75) is 0 Å². The maximum absolute atomic E-state index is 9.49. The molecule has 0 spiro atoms. The lowest BCUT2D eigenvalue weighted by Gasteiger charge is -2.11. The van der Waals surface area contributed by atoms with Crippen molar-refractivity contribution < 1.29 is 10.0 Å². The Kier molecular flexibility index (Phi) is 3.07. The van der Waals surface area contributed by atoms with Crippen LogP contribution in [0.4, 0.5) is 0 Å². The summed E-state index contributed by atoms with van der Waals surface area (Å²) in [4.78, 5) is 0. The van der Waals surface area contributed by atoms with Gasteiger partial charge in [-0.3, -0.25) is 0 Å². The Morgan fingerprint density at radius 3 is 2.11 bits per heavy atom. The van der Waals surface area contributed by atoms with Crippen molar-refractivity contribution >= 4 is 23.4 Å². The topological polar surface area (TPSA) is 40.5 Å². The first-order valence-corrected chi connectivity index (χ1v) is 6.20. The molecule has 2 nitrogen and oxygen atoms in total. The minimum atomic E-state index is -1.46. The van der Waals surface area contributed by atoms with Gasteiger partial charge in [0.15, 0.2) is 0 Å². The number of hydrogen-bond donors (Lipinski definition) is 2. The summed E-state index contributed by atoms with van der Waals surface area (Å²) in [6.45, 7) is 0. The lowest BCUT2D eigenvalue weighted by Crippen LogP contribution is -2.31. The van der Waals surface area contributed by atoms with E-state index in [1.807, 2.05) is 48.5 Å². The number of fused-ring (bicyclic) bond motifs is 1. The van der Waals surface area contributed by atoms with E-state index >= 15 is 0 Å². The van der Waals surface area contributed by atoms with Crippen LogP contribution in [0, 0.1) is 0 Å². The molecule has 3 heteroatoms. The van der Waals surface area contributed by atoms with E-state index in [2.05, 4.69) is 12.1 Å². The van der Waals surface area contributed by atoms with Gasteiger partial charge >= 0.3 is 7.12 Å². The first kappa shape index (κ1) is 12.0. The summed E-state index contributed by atoms with van der Waals surface area (Å²) in [5, 5.41) is 21.2. The SMILES string of the molecule is OB(O)c1ccccc1-c1cccc2ccccc12. The molecule has 0 unspecified atom stereocenters. The van der Waals surface area contributed by atoms with Gasteiger partial charge in [-0.25, -0.2) is 0 Å². The second kappa shape index (κ2) is 4.88. The molecule has 0 aromatic heterocycles. The Bertz CT molecular complexity index is 717. The van der Waals surface area contributed by atoms with Crippen molar-refractivity contribution in [2.24, 2.45) is 0 Å². The summed E-state index contributed by atoms with van der Waals surface area (Å²) in [7, 11) is -1.46. The zero-order valence-corrected chi connectivity index (χ0v) is 10.3.